The van der Waals surface area contributed by atoms with Gasteiger partial charge in [0.1, 0.15) is 5.82 Å². The third-order valence-corrected chi connectivity index (χ3v) is 8.94. The number of hydrogen-bond acceptors (Lipinski definition) is 1. The molecule has 196 valence electrons. The Balaban J connectivity index is 1.28. The van der Waals surface area contributed by atoms with Crippen LogP contribution in [-0.4, -0.2) is 9.55 Å². The van der Waals surface area contributed by atoms with Gasteiger partial charge in [-0.3, -0.25) is 0 Å². The van der Waals surface area contributed by atoms with Crippen LogP contribution < -0.4 is 0 Å². The fraction of sp³-hybridized carbons (Fsp3) is 0.0250. The van der Waals surface area contributed by atoms with Crippen molar-refractivity contribution in [3.63, 3.8) is 0 Å². The van der Waals surface area contributed by atoms with Gasteiger partial charge in [0.2, 0.25) is 0 Å². The molecule has 9 rings (SSSR count). The van der Waals surface area contributed by atoms with E-state index >= 15 is 0 Å². The maximum atomic E-state index is 4.93. The summed E-state index contributed by atoms with van der Waals surface area (Å²) in [4.78, 5) is 4.93. The van der Waals surface area contributed by atoms with Crippen molar-refractivity contribution in [2.75, 3.05) is 0 Å². The molecule has 9 aromatic rings. The molecule has 0 atom stereocenters. The third-order valence-electron chi connectivity index (χ3n) is 8.94. The number of aryl methyl sites for hydroxylation is 1. The highest BCUT2D eigenvalue weighted by atomic mass is 15.1. The van der Waals surface area contributed by atoms with E-state index < -0.39 is 0 Å². The Morgan fingerprint density at radius 1 is 0.452 bits per heavy atom. The van der Waals surface area contributed by atoms with E-state index in [1.165, 1.54) is 65.0 Å². The van der Waals surface area contributed by atoms with Crippen molar-refractivity contribution in [2.24, 2.45) is 7.05 Å². The van der Waals surface area contributed by atoms with Gasteiger partial charge < -0.3 is 4.57 Å². The van der Waals surface area contributed by atoms with Crippen LogP contribution in [0, 0.1) is 0 Å². The van der Waals surface area contributed by atoms with E-state index in [4.69, 9.17) is 4.98 Å². The average molecular weight is 535 g/mol. The maximum Gasteiger partial charge on any atom is 0.140 e. The van der Waals surface area contributed by atoms with E-state index in [-0.39, 0.29) is 0 Å². The fourth-order valence-electron chi connectivity index (χ4n) is 6.96. The van der Waals surface area contributed by atoms with E-state index in [1.54, 1.807) is 0 Å². The predicted molar refractivity (Wildman–Crippen MR) is 179 cm³/mol. The zero-order valence-electron chi connectivity index (χ0n) is 23.2. The van der Waals surface area contributed by atoms with Gasteiger partial charge in [-0.05, 0) is 95.3 Å². The standard InChI is InChI=1S/C40H26N2/c1-42-38-17-9-8-16-37(38)41-40(42)28-21-19-25-22-27(20-18-26(25)23-28)35-24-36-31-12-3-2-10-29(31)30-11-4-6-14-33(30)39(36)34-15-7-5-13-32(34)35/h2-24H,1H3. The van der Waals surface area contributed by atoms with Crippen LogP contribution in [0.4, 0.5) is 0 Å². The van der Waals surface area contributed by atoms with Crippen molar-refractivity contribution in [3.8, 4) is 22.5 Å². The van der Waals surface area contributed by atoms with Crippen LogP contribution in [0.3, 0.4) is 0 Å². The summed E-state index contributed by atoms with van der Waals surface area (Å²) in [6, 6.07) is 50.8. The first-order chi connectivity index (χ1) is 20.7. The highest BCUT2D eigenvalue weighted by Crippen LogP contribution is 2.43. The van der Waals surface area contributed by atoms with Crippen molar-refractivity contribution in [3.05, 3.63) is 140 Å². The van der Waals surface area contributed by atoms with E-state index in [1.807, 2.05) is 6.07 Å². The molecule has 0 spiro atoms. The van der Waals surface area contributed by atoms with E-state index in [9.17, 15) is 0 Å². The number of aromatic nitrogens is 2. The van der Waals surface area contributed by atoms with Gasteiger partial charge in [-0.2, -0.15) is 0 Å². The van der Waals surface area contributed by atoms with Crippen LogP contribution >= 0.6 is 0 Å². The second kappa shape index (κ2) is 8.76. The van der Waals surface area contributed by atoms with Crippen LogP contribution in [0.25, 0.3) is 87.4 Å². The van der Waals surface area contributed by atoms with Gasteiger partial charge in [0.05, 0.1) is 11.0 Å². The van der Waals surface area contributed by atoms with E-state index in [2.05, 4.69) is 145 Å². The molecular formula is C40H26N2. The molecule has 0 aliphatic rings. The SMILES string of the molecule is Cn1c(-c2ccc3cc(-c4cc5c6ccccc6c6ccccc6c5c5ccccc45)ccc3c2)nc2ccccc21. The van der Waals surface area contributed by atoms with E-state index in [0.717, 1.165) is 22.4 Å². The smallest absolute Gasteiger partial charge is 0.140 e. The first-order valence-corrected chi connectivity index (χ1v) is 14.5. The Bertz CT molecular complexity index is 2530. The number of para-hydroxylation sites is 2. The molecule has 0 unspecified atom stereocenters. The Hall–Kier alpha value is -5.47. The Morgan fingerprint density at radius 2 is 0.976 bits per heavy atom. The van der Waals surface area contributed by atoms with Gasteiger partial charge in [-0.15, -0.1) is 0 Å². The van der Waals surface area contributed by atoms with Crippen LogP contribution in [0.5, 0.6) is 0 Å². The number of nitrogens with zero attached hydrogens (tertiary/aromatic N) is 2. The lowest BCUT2D eigenvalue weighted by molar-refractivity contribution is 0.960. The summed E-state index contributed by atoms with van der Waals surface area (Å²) in [6.45, 7) is 0. The van der Waals surface area contributed by atoms with Crippen molar-refractivity contribution >= 4 is 64.9 Å². The van der Waals surface area contributed by atoms with Gasteiger partial charge in [0.25, 0.3) is 0 Å². The summed E-state index contributed by atoms with van der Waals surface area (Å²) in [5.74, 6) is 0.988. The normalized spacial score (nSPS) is 11.9. The summed E-state index contributed by atoms with van der Waals surface area (Å²) in [5.41, 5.74) is 5.79. The molecule has 42 heavy (non-hydrogen) atoms. The molecule has 2 nitrogen and oxygen atoms in total. The highest BCUT2D eigenvalue weighted by Gasteiger charge is 2.15. The second-order valence-corrected chi connectivity index (χ2v) is 11.2. The molecule has 0 bridgehead atoms. The third kappa shape index (κ3) is 3.30. The maximum absolute atomic E-state index is 4.93. The van der Waals surface area contributed by atoms with Crippen molar-refractivity contribution < 1.29 is 0 Å². The van der Waals surface area contributed by atoms with Gasteiger partial charge >= 0.3 is 0 Å². The van der Waals surface area contributed by atoms with E-state index in [0.29, 0.717) is 0 Å². The monoisotopic (exact) mass is 534 g/mol. The van der Waals surface area contributed by atoms with Gasteiger partial charge in [0, 0.05) is 12.6 Å². The Kier molecular flexibility index (Phi) is 4.85. The number of fused-ring (bicyclic) bond motifs is 10. The molecule has 1 aromatic heterocycles. The molecule has 0 aliphatic carbocycles. The quantitative estimate of drug-likeness (QED) is 0.202. The zero-order valence-corrected chi connectivity index (χ0v) is 23.2. The lowest BCUT2D eigenvalue weighted by Crippen LogP contribution is -1.92. The molecule has 0 N–H and O–H groups in total. The number of benzene rings is 8. The van der Waals surface area contributed by atoms with Crippen LogP contribution in [0.2, 0.25) is 0 Å². The zero-order chi connectivity index (χ0) is 27.8. The summed E-state index contributed by atoms with van der Waals surface area (Å²) in [7, 11) is 2.09. The molecule has 0 radical (unpaired) electrons. The number of imidazole rings is 1. The molecular weight excluding hydrogens is 508 g/mol. The molecule has 2 heteroatoms. The number of hydrogen-bond donors (Lipinski definition) is 0. The topological polar surface area (TPSA) is 17.8 Å². The minimum atomic E-state index is 0.988. The lowest BCUT2D eigenvalue weighted by Gasteiger charge is -2.16. The summed E-state index contributed by atoms with van der Waals surface area (Å²) >= 11 is 0. The van der Waals surface area contributed by atoms with Crippen molar-refractivity contribution in [1.29, 1.82) is 0 Å². The highest BCUT2D eigenvalue weighted by molar-refractivity contribution is 6.33. The summed E-state index contributed by atoms with van der Waals surface area (Å²) in [5, 5.41) is 12.9. The molecule has 1 heterocycles. The minimum absolute atomic E-state index is 0.988. The predicted octanol–water partition coefficient (Wildman–Crippen LogP) is 10.7. The first kappa shape index (κ1) is 23.3. The largest absolute Gasteiger partial charge is 0.327 e. The van der Waals surface area contributed by atoms with Gasteiger partial charge in [0.15, 0.2) is 0 Å². The summed E-state index contributed by atoms with van der Waals surface area (Å²) in [6.07, 6.45) is 0. The minimum Gasteiger partial charge on any atom is -0.327 e. The molecule has 0 saturated carbocycles. The van der Waals surface area contributed by atoms with Crippen LogP contribution in [-0.2, 0) is 7.05 Å². The lowest BCUT2D eigenvalue weighted by atomic mass is 9.87. The first-order valence-electron chi connectivity index (χ1n) is 14.5. The molecule has 0 fully saturated rings. The van der Waals surface area contributed by atoms with Gasteiger partial charge in [-0.1, -0.05) is 109 Å². The Labute approximate surface area is 243 Å². The van der Waals surface area contributed by atoms with Crippen molar-refractivity contribution in [1.82, 2.24) is 9.55 Å². The van der Waals surface area contributed by atoms with Gasteiger partial charge in [-0.25, -0.2) is 4.98 Å². The second-order valence-electron chi connectivity index (χ2n) is 11.2. The van der Waals surface area contributed by atoms with Crippen LogP contribution in [0.15, 0.2) is 140 Å². The van der Waals surface area contributed by atoms with Crippen LogP contribution in [0.1, 0.15) is 0 Å². The Morgan fingerprint density at radius 3 is 1.69 bits per heavy atom. The molecule has 8 aromatic carbocycles. The number of rotatable bonds is 2. The molecule has 0 saturated heterocycles. The molecule has 0 aliphatic heterocycles. The molecule has 0 amide bonds. The average Bonchev–Trinajstić information content (AvgIpc) is 3.40. The fourth-order valence-corrected chi connectivity index (χ4v) is 6.96. The summed E-state index contributed by atoms with van der Waals surface area (Å²) < 4.78 is 2.18. The van der Waals surface area contributed by atoms with Crippen molar-refractivity contribution in [2.45, 2.75) is 0 Å².